The van der Waals surface area contributed by atoms with Gasteiger partial charge in [-0.15, -0.1) is 0 Å². The molecule has 0 aliphatic carbocycles. The Bertz CT molecular complexity index is 1150. The summed E-state index contributed by atoms with van der Waals surface area (Å²) in [5.74, 6) is -0.471. The number of methoxy groups -OCH3 is 1. The van der Waals surface area contributed by atoms with Crippen molar-refractivity contribution in [3.63, 3.8) is 0 Å². The maximum absolute atomic E-state index is 13.5. The molecule has 2 amide bonds. The number of imide groups is 1. The molecular weight excluding hydrogens is 430 g/mol. The highest BCUT2D eigenvalue weighted by atomic mass is 32.2. The lowest BCUT2D eigenvalue weighted by Crippen LogP contribution is -2.49. The summed E-state index contributed by atoms with van der Waals surface area (Å²) in [7, 11) is -2.48. The highest BCUT2D eigenvalue weighted by Gasteiger charge is 2.35. The Morgan fingerprint density at radius 1 is 0.906 bits per heavy atom. The zero-order chi connectivity index (χ0) is 23.0. The first-order chi connectivity index (χ1) is 15.2. The quantitative estimate of drug-likeness (QED) is 0.641. The lowest BCUT2D eigenvalue weighted by molar-refractivity contribution is -0.121. The normalized spacial score (nSPS) is 17.8. The molecule has 0 bridgehead atoms. The van der Waals surface area contributed by atoms with Crippen molar-refractivity contribution in [1.82, 2.24) is 4.31 Å². The van der Waals surface area contributed by atoms with Crippen LogP contribution in [-0.2, 0) is 19.6 Å². The van der Waals surface area contributed by atoms with Gasteiger partial charge in [-0.05, 0) is 49.2 Å². The molecule has 0 N–H and O–H groups in total. The molecule has 0 radical (unpaired) electrons. The molecule has 0 aromatic heterocycles. The van der Waals surface area contributed by atoms with Crippen LogP contribution in [0.15, 0.2) is 41.3 Å². The molecule has 32 heavy (non-hydrogen) atoms. The van der Waals surface area contributed by atoms with Gasteiger partial charge >= 0.3 is 0 Å². The lowest BCUT2D eigenvalue weighted by atomic mass is 10.1. The highest BCUT2D eigenvalue weighted by molar-refractivity contribution is 7.89. The molecule has 8 nitrogen and oxygen atoms in total. The van der Waals surface area contributed by atoms with Crippen LogP contribution in [-0.4, -0.2) is 57.8 Å². The molecule has 9 heteroatoms. The third-order valence-corrected chi connectivity index (χ3v) is 8.15. The van der Waals surface area contributed by atoms with E-state index in [0.29, 0.717) is 26.2 Å². The third-order valence-electron chi connectivity index (χ3n) is 6.23. The van der Waals surface area contributed by atoms with Gasteiger partial charge in [-0.3, -0.25) is 14.5 Å². The number of ether oxygens (including phenoxy) is 1. The zero-order valence-corrected chi connectivity index (χ0v) is 19.3. The van der Waals surface area contributed by atoms with Crippen molar-refractivity contribution < 1.29 is 22.7 Å². The van der Waals surface area contributed by atoms with Crippen molar-refractivity contribution in [2.45, 2.75) is 31.6 Å². The van der Waals surface area contributed by atoms with E-state index in [9.17, 15) is 18.0 Å². The van der Waals surface area contributed by atoms with Crippen molar-refractivity contribution in [2.75, 3.05) is 43.1 Å². The Morgan fingerprint density at radius 3 is 2.19 bits per heavy atom. The average molecular weight is 458 g/mol. The van der Waals surface area contributed by atoms with Gasteiger partial charge in [0, 0.05) is 44.7 Å². The molecule has 2 aromatic carbocycles. The monoisotopic (exact) mass is 457 g/mol. The zero-order valence-electron chi connectivity index (χ0n) is 18.5. The van der Waals surface area contributed by atoms with E-state index in [4.69, 9.17) is 4.74 Å². The summed E-state index contributed by atoms with van der Waals surface area (Å²) in [6, 6.07) is 10.5. The van der Waals surface area contributed by atoms with Crippen LogP contribution in [0.3, 0.4) is 0 Å². The van der Waals surface area contributed by atoms with Crippen LogP contribution in [0.4, 0.5) is 11.4 Å². The fourth-order valence-corrected chi connectivity index (χ4v) is 5.85. The van der Waals surface area contributed by atoms with Crippen molar-refractivity contribution >= 4 is 33.2 Å². The number of aryl methyl sites for hydroxylation is 1. The van der Waals surface area contributed by atoms with Crippen LogP contribution in [0.2, 0.25) is 0 Å². The fraction of sp³-hybridized carbons (Fsp3) is 0.391. The molecule has 170 valence electrons. The van der Waals surface area contributed by atoms with Gasteiger partial charge < -0.3 is 9.64 Å². The van der Waals surface area contributed by atoms with Gasteiger partial charge in [0.25, 0.3) is 0 Å². The summed E-state index contributed by atoms with van der Waals surface area (Å²) >= 11 is 0. The van der Waals surface area contributed by atoms with Crippen LogP contribution >= 0.6 is 0 Å². The summed E-state index contributed by atoms with van der Waals surface area (Å²) in [5.41, 5.74) is 3.77. The van der Waals surface area contributed by atoms with Crippen molar-refractivity contribution in [3.05, 3.63) is 47.5 Å². The third kappa shape index (κ3) is 3.86. The molecule has 2 aliphatic rings. The van der Waals surface area contributed by atoms with E-state index in [-0.39, 0.29) is 41.0 Å². The maximum atomic E-state index is 13.5. The Labute approximate surface area is 188 Å². The van der Waals surface area contributed by atoms with Crippen molar-refractivity contribution in [2.24, 2.45) is 0 Å². The molecule has 4 rings (SSSR count). The first kappa shape index (κ1) is 22.3. The molecule has 2 fully saturated rings. The number of benzene rings is 2. The summed E-state index contributed by atoms with van der Waals surface area (Å²) in [6.45, 7) is 5.92. The Hall–Kier alpha value is -2.91. The van der Waals surface area contributed by atoms with Crippen LogP contribution in [0.25, 0.3) is 0 Å². The summed E-state index contributed by atoms with van der Waals surface area (Å²) in [5, 5.41) is 0. The molecule has 0 spiro atoms. The number of sulfonamides is 1. The number of nitrogens with zero attached hydrogens (tertiary/aromatic N) is 3. The minimum atomic E-state index is -3.88. The molecular formula is C23H27N3O5S. The standard InChI is InChI=1S/C23H27N3O5S/c1-16-5-4-6-19(17(16)2)24-11-13-25(14-12-24)32(29,30)21-15-18(7-8-20(21)31-3)26-22(27)9-10-23(26)28/h4-8,15H,9-14H2,1-3H3. The number of carbonyl (C=O) groups excluding carboxylic acids is 2. The molecule has 0 atom stereocenters. The molecule has 0 unspecified atom stereocenters. The topological polar surface area (TPSA) is 87.2 Å². The number of amides is 2. The maximum Gasteiger partial charge on any atom is 0.246 e. The second kappa shape index (κ2) is 8.55. The SMILES string of the molecule is COc1ccc(N2C(=O)CCC2=O)cc1S(=O)(=O)N1CCN(c2cccc(C)c2C)CC1. The van der Waals surface area contributed by atoms with Crippen LogP contribution < -0.4 is 14.5 Å². The van der Waals surface area contributed by atoms with Gasteiger partial charge in [0.15, 0.2) is 0 Å². The minimum absolute atomic E-state index is 0.0369. The number of hydrogen-bond acceptors (Lipinski definition) is 6. The number of carbonyl (C=O) groups is 2. The van der Waals surface area contributed by atoms with Crippen LogP contribution in [0.1, 0.15) is 24.0 Å². The van der Waals surface area contributed by atoms with E-state index in [1.807, 2.05) is 6.07 Å². The second-order valence-electron chi connectivity index (χ2n) is 8.07. The van der Waals surface area contributed by atoms with Gasteiger partial charge in [0.05, 0.1) is 12.8 Å². The Morgan fingerprint density at radius 2 is 1.56 bits per heavy atom. The summed E-state index contributed by atoms with van der Waals surface area (Å²) < 4.78 is 33.7. The molecule has 2 aromatic rings. The van der Waals surface area contributed by atoms with Gasteiger partial charge in [-0.25, -0.2) is 8.42 Å². The first-order valence-electron chi connectivity index (χ1n) is 10.6. The number of rotatable bonds is 5. The van der Waals surface area contributed by atoms with E-state index in [1.165, 1.54) is 40.7 Å². The minimum Gasteiger partial charge on any atom is -0.495 e. The lowest BCUT2D eigenvalue weighted by Gasteiger charge is -2.36. The van der Waals surface area contributed by atoms with Crippen molar-refractivity contribution in [3.8, 4) is 5.75 Å². The number of hydrogen-bond donors (Lipinski definition) is 0. The molecule has 2 saturated heterocycles. The van der Waals surface area contributed by atoms with E-state index in [1.54, 1.807) is 0 Å². The predicted molar refractivity (Wildman–Crippen MR) is 122 cm³/mol. The smallest absolute Gasteiger partial charge is 0.246 e. The fourth-order valence-electron chi connectivity index (χ4n) is 4.26. The van der Waals surface area contributed by atoms with E-state index >= 15 is 0 Å². The molecule has 2 aliphatic heterocycles. The van der Waals surface area contributed by atoms with Crippen LogP contribution in [0, 0.1) is 13.8 Å². The van der Waals surface area contributed by atoms with E-state index < -0.39 is 10.0 Å². The van der Waals surface area contributed by atoms with Crippen LogP contribution in [0.5, 0.6) is 5.75 Å². The molecule has 2 heterocycles. The Balaban J connectivity index is 1.60. The van der Waals surface area contributed by atoms with E-state index in [0.717, 1.165) is 10.6 Å². The first-order valence-corrected chi connectivity index (χ1v) is 12.0. The summed E-state index contributed by atoms with van der Waals surface area (Å²) in [6.07, 6.45) is 0.264. The van der Waals surface area contributed by atoms with Gasteiger partial charge in [-0.1, -0.05) is 12.1 Å². The largest absolute Gasteiger partial charge is 0.495 e. The average Bonchev–Trinajstić information content (AvgIpc) is 3.13. The number of anilines is 2. The van der Waals surface area contributed by atoms with Gasteiger partial charge in [0.2, 0.25) is 21.8 Å². The van der Waals surface area contributed by atoms with Crippen molar-refractivity contribution in [1.29, 1.82) is 0 Å². The van der Waals surface area contributed by atoms with Gasteiger partial charge in [-0.2, -0.15) is 4.31 Å². The van der Waals surface area contributed by atoms with E-state index in [2.05, 4.69) is 30.9 Å². The highest BCUT2D eigenvalue weighted by Crippen LogP contribution is 2.34. The predicted octanol–water partition coefficient (Wildman–Crippen LogP) is 2.48. The Kier molecular flexibility index (Phi) is 5.96. The summed E-state index contributed by atoms with van der Waals surface area (Å²) in [4.78, 5) is 27.5. The molecule has 0 saturated carbocycles. The second-order valence-corrected chi connectivity index (χ2v) is 9.97. The van der Waals surface area contributed by atoms with Gasteiger partial charge in [0.1, 0.15) is 10.6 Å². The number of piperazine rings is 1.